The van der Waals surface area contributed by atoms with E-state index in [1.807, 2.05) is 19.1 Å². The quantitative estimate of drug-likeness (QED) is 0.904. The van der Waals surface area contributed by atoms with Crippen LogP contribution in [0.15, 0.2) is 16.5 Å². The maximum atomic E-state index is 11.1. The molecule has 0 unspecified atom stereocenters. The van der Waals surface area contributed by atoms with Crippen molar-refractivity contribution in [3.05, 3.63) is 23.7 Å². The third-order valence-electron chi connectivity index (χ3n) is 3.72. The topological polar surface area (TPSA) is 62.6 Å². The van der Waals surface area contributed by atoms with Gasteiger partial charge in [-0.2, -0.15) is 0 Å². The van der Waals surface area contributed by atoms with Crippen LogP contribution in [0.25, 0.3) is 0 Å². The van der Waals surface area contributed by atoms with Gasteiger partial charge < -0.3 is 4.42 Å². The summed E-state index contributed by atoms with van der Waals surface area (Å²) >= 11 is 0. The van der Waals surface area contributed by atoms with Crippen LogP contribution in [-0.4, -0.2) is 39.2 Å². The lowest BCUT2D eigenvalue weighted by molar-refractivity contribution is 0.180. The highest BCUT2D eigenvalue weighted by Gasteiger charge is 2.24. The zero-order chi connectivity index (χ0) is 14.6. The van der Waals surface area contributed by atoms with Crippen molar-refractivity contribution >= 4 is 10.0 Å². The third kappa shape index (κ3) is 4.61. The Balaban J connectivity index is 2.01. The molecule has 0 amide bonds. The summed E-state index contributed by atoms with van der Waals surface area (Å²) in [5.74, 6) is 1.93. The predicted molar refractivity (Wildman–Crippen MR) is 79.1 cm³/mol. The summed E-state index contributed by atoms with van der Waals surface area (Å²) in [7, 11) is -3.11. The van der Waals surface area contributed by atoms with E-state index >= 15 is 0 Å². The largest absolute Gasteiger partial charge is 0.465 e. The fourth-order valence-electron chi connectivity index (χ4n) is 2.76. The zero-order valence-corrected chi connectivity index (χ0v) is 13.1. The van der Waals surface area contributed by atoms with Crippen molar-refractivity contribution in [2.45, 2.75) is 38.6 Å². The molecule has 1 aliphatic heterocycles. The van der Waals surface area contributed by atoms with Crippen LogP contribution >= 0.6 is 0 Å². The van der Waals surface area contributed by atoms with Crippen molar-refractivity contribution in [1.82, 2.24) is 9.62 Å². The summed E-state index contributed by atoms with van der Waals surface area (Å²) < 4.78 is 30.6. The van der Waals surface area contributed by atoms with Gasteiger partial charge in [0.15, 0.2) is 0 Å². The highest BCUT2D eigenvalue weighted by Crippen LogP contribution is 2.30. The van der Waals surface area contributed by atoms with Gasteiger partial charge in [-0.05, 0) is 38.4 Å². The first kappa shape index (κ1) is 15.5. The predicted octanol–water partition coefficient (Wildman–Crippen LogP) is 2.05. The molecule has 0 saturated carbocycles. The first-order chi connectivity index (χ1) is 9.46. The number of hydrogen-bond acceptors (Lipinski definition) is 4. The van der Waals surface area contributed by atoms with Gasteiger partial charge >= 0.3 is 0 Å². The van der Waals surface area contributed by atoms with E-state index in [0.717, 1.165) is 37.5 Å². The number of furan rings is 1. The van der Waals surface area contributed by atoms with Gasteiger partial charge in [-0.15, -0.1) is 0 Å². The Hall–Kier alpha value is -0.850. The van der Waals surface area contributed by atoms with Gasteiger partial charge in [0.25, 0.3) is 0 Å². The molecule has 0 bridgehead atoms. The summed E-state index contributed by atoms with van der Waals surface area (Å²) in [5, 5.41) is 0. The number of likely N-dealkylation sites (tertiary alicyclic amines) is 1. The highest BCUT2D eigenvalue weighted by molar-refractivity contribution is 7.88. The monoisotopic (exact) mass is 300 g/mol. The molecule has 1 saturated heterocycles. The molecule has 1 N–H and O–H groups in total. The molecule has 6 heteroatoms. The van der Waals surface area contributed by atoms with E-state index in [9.17, 15) is 8.42 Å². The Kier molecular flexibility index (Phi) is 5.23. The van der Waals surface area contributed by atoms with Gasteiger partial charge in [0.05, 0.1) is 12.3 Å². The van der Waals surface area contributed by atoms with Crippen molar-refractivity contribution in [1.29, 1.82) is 0 Å². The molecule has 0 aliphatic carbocycles. The zero-order valence-electron chi connectivity index (χ0n) is 12.3. The van der Waals surface area contributed by atoms with Crippen LogP contribution in [0, 0.1) is 6.92 Å². The van der Waals surface area contributed by atoms with Crippen LogP contribution in [0.1, 0.15) is 43.2 Å². The summed E-state index contributed by atoms with van der Waals surface area (Å²) in [4.78, 5) is 2.34. The van der Waals surface area contributed by atoms with Crippen molar-refractivity contribution in [3.8, 4) is 0 Å². The molecular weight excluding hydrogens is 276 g/mol. The molecule has 0 aromatic carbocycles. The molecule has 0 spiro atoms. The minimum atomic E-state index is -3.11. The molecule has 0 radical (unpaired) electrons. The van der Waals surface area contributed by atoms with Gasteiger partial charge in [-0.1, -0.05) is 12.8 Å². The fourth-order valence-corrected chi connectivity index (χ4v) is 3.23. The van der Waals surface area contributed by atoms with E-state index in [-0.39, 0.29) is 6.04 Å². The van der Waals surface area contributed by atoms with Crippen LogP contribution in [0.3, 0.4) is 0 Å². The van der Waals surface area contributed by atoms with E-state index in [2.05, 4.69) is 9.62 Å². The molecule has 1 fully saturated rings. The average molecular weight is 300 g/mol. The Morgan fingerprint density at radius 3 is 2.80 bits per heavy atom. The summed E-state index contributed by atoms with van der Waals surface area (Å²) in [6, 6.07) is 4.31. The number of nitrogens with zero attached hydrogens (tertiary/aromatic N) is 1. The molecular formula is C14H24N2O3S. The minimum Gasteiger partial charge on any atom is -0.465 e. The molecule has 114 valence electrons. The Labute approximate surface area is 121 Å². The molecule has 5 nitrogen and oxygen atoms in total. The second-order valence-electron chi connectivity index (χ2n) is 5.52. The Morgan fingerprint density at radius 2 is 2.15 bits per heavy atom. The van der Waals surface area contributed by atoms with E-state index < -0.39 is 10.0 Å². The molecule has 20 heavy (non-hydrogen) atoms. The molecule has 1 aromatic heterocycles. The van der Waals surface area contributed by atoms with Crippen molar-refractivity contribution in [2.24, 2.45) is 0 Å². The van der Waals surface area contributed by atoms with Gasteiger partial charge in [-0.25, -0.2) is 13.1 Å². The number of hydrogen-bond donors (Lipinski definition) is 1. The first-order valence-electron chi connectivity index (χ1n) is 7.21. The van der Waals surface area contributed by atoms with Gasteiger partial charge in [0, 0.05) is 13.1 Å². The molecule has 2 heterocycles. The Bertz CT molecular complexity index is 524. The summed E-state index contributed by atoms with van der Waals surface area (Å²) in [6.07, 6.45) is 5.86. The van der Waals surface area contributed by atoms with Gasteiger partial charge in [-0.3, -0.25) is 4.90 Å². The molecule has 1 aliphatic rings. The number of sulfonamides is 1. The summed E-state index contributed by atoms with van der Waals surface area (Å²) in [5.41, 5.74) is 0. The average Bonchev–Trinajstić information content (AvgIpc) is 2.64. The second kappa shape index (κ2) is 6.74. The van der Waals surface area contributed by atoms with Crippen molar-refractivity contribution in [3.63, 3.8) is 0 Å². The summed E-state index contributed by atoms with van der Waals surface area (Å²) in [6.45, 7) is 4.12. The molecule has 1 atom stereocenters. The molecule has 1 aromatic rings. The van der Waals surface area contributed by atoms with E-state index in [1.165, 1.54) is 19.1 Å². The third-order valence-corrected chi connectivity index (χ3v) is 4.45. The number of aryl methyl sites for hydroxylation is 1. The maximum absolute atomic E-state index is 11.1. The normalized spacial score (nSPS) is 21.8. The van der Waals surface area contributed by atoms with Crippen LogP contribution in [0.5, 0.6) is 0 Å². The highest BCUT2D eigenvalue weighted by atomic mass is 32.2. The number of nitrogens with one attached hydrogen (secondary N) is 1. The van der Waals surface area contributed by atoms with E-state index in [1.54, 1.807) is 0 Å². The van der Waals surface area contributed by atoms with Crippen LogP contribution < -0.4 is 4.72 Å². The van der Waals surface area contributed by atoms with E-state index in [0.29, 0.717) is 6.54 Å². The van der Waals surface area contributed by atoms with Gasteiger partial charge in [0.1, 0.15) is 11.5 Å². The van der Waals surface area contributed by atoms with Gasteiger partial charge in [0.2, 0.25) is 10.0 Å². The maximum Gasteiger partial charge on any atom is 0.208 e. The van der Waals surface area contributed by atoms with E-state index in [4.69, 9.17) is 4.42 Å². The fraction of sp³-hybridized carbons (Fsp3) is 0.714. The van der Waals surface area contributed by atoms with Crippen LogP contribution in [-0.2, 0) is 10.0 Å². The molecule has 2 rings (SSSR count). The lowest BCUT2D eigenvalue weighted by Gasteiger charge is -2.28. The Morgan fingerprint density at radius 1 is 1.35 bits per heavy atom. The second-order valence-corrected chi connectivity index (χ2v) is 7.35. The number of rotatable bonds is 5. The van der Waals surface area contributed by atoms with Crippen molar-refractivity contribution < 1.29 is 12.8 Å². The van der Waals surface area contributed by atoms with Crippen LogP contribution in [0.4, 0.5) is 0 Å². The minimum absolute atomic E-state index is 0.271. The first-order valence-corrected chi connectivity index (χ1v) is 9.10. The smallest absolute Gasteiger partial charge is 0.208 e. The lowest BCUT2D eigenvalue weighted by Crippen LogP contribution is -2.36. The standard InChI is InChI=1S/C14H24N2O3S/c1-12-7-8-14(19-12)13-6-4-3-5-10-16(13)11-9-15-20(2,17)18/h7-8,13,15H,3-6,9-11H2,1-2H3/t13-/m0/s1. The lowest BCUT2D eigenvalue weighted by atomic mass is 10.1. The van der Waals surface area contributed by atoms with Crippen LogP contribution in [0.2, 0.25) is 0 Å². The van der Waals surface area contributed by atoms with Crippen molar-refractivity contribution in [2.75, 3.05) is 25.9 Å². The SMILES string of the molecule is Cc1ccc([C@@H]2CCCCCN2CCNS(C)(=O)=O)o1.